The van der Waals surface area contributed by atoms with Crippen LogP contribution in [0.4, 0.5) is 0 Å². The van der Waals surface area contributed by atoms with Crippen molar-refractivity contribution in [1.29, 1.82) is 0 Å². The SMILES string of the molecule is O=C(Cn1c2ccccc2c(=O)c2ccccc21)NC(Cn1cncn1)c1ccccc1. The largest absolute Gasteiger partial charge is 0.346 e. The van der Waals surface area contributed by atoms with Crippen molar-refractivity contribution in [3.05, 3.63) is 107 Å². The highest BCUT2D eigenvalue weighted by molar-refractivity contribution is 5.94. The van der Waals surface area contributed by atoms with Crippen molar-refractivity contribution < 1.29 is 4.79 Å². The third kappa shape index (κ3) is 3.76. The second-order valence-electron chi connectivity index (χ2n) is 7.60. The molecule has 5 aromatic rings. The maximum absolute atomic E-state index is 13.2. The first kappa shape index (κ1) is 19.7. The summed E-state index contributed by atoms with van der Waals surface area (Å²) >= 11 is 0. The van der Waals surface area contributed by atoms with Crippen molar-refractivity contribution in [2.24, 2.45) is 0 Å². The molecule has 1 N–H and O–H groups in total. The zero-order chi connectivity index (χ0) is 21.9. The molecule has 2 heterocycles. The van der Waals surface area contributed by atoms with E-state index in [0.29, 0.717) is 17.3 Å². The van der Waals surface area contributed by atoms with E-state index in [1.807, 2.05) is 71.3 Å². The van der Waals surface area contributed by atoms with E-state index in [0.717, 1.165) is 16.6 Å². The molecule has 1 amide bonds. The van der Waals surface area contributed by atoms with Crippen molar-refractivity contribution in [2.45, 2.75) is 19.1 Å². The number of aromatic nitrogens is 4. The van der Waals surface area contributed by atoms with Crippen molar-refractivity contribution in [2.75, 3.05) is 0 Å². The van der Waals surface area contributed by atoms with Crippen LogP contribution in [0.5, 0.6) is 0 Å². The number of benzene rings is 3. The van der Waals surface area contributed by atoms with E-state index in [1.165, 1.54) is 6.33 Å². The number of hydrogen-bond acceptors (Lipinski definition) is 4. The Balaban J connectivity index is 1.51. The molecule has 7 heteroatoms. The summed E-state index contributed by atoms with van der Waals surface area (Å²) in [6, 6.07) is 24.3. The summed E-state index contributed by atoms with van der Waals surface area (Å²) in [5.74, 6) is -0.155. The van der Waals surface area contributed by atoms with Gasteiger partial charge in [-0.3, -0.25) is 14.3 Å². The van der Waals surface area contributed by atoms with Crippen LogP contribution in [-0.4, -0.2) is 25.2 Å². The minimum atomic E-state index is -0.276. The van der Waals surface area contributed by atoms with Gasteiger partial charge in [0.25, 0.3) is 0 Å². The van der Waals surface area contributed by atoms with Crippen LogP contribution in [0, 0.1) is 0 Å². The number of hydrogen-bond donors (Lipinski definition) is 1. The normalized spacial score (nSPS) is 12.1. The lowest BCUT2D eigenvalue weighted by Crippen LogP contribution is -2.34. The lowest BCUT2D eigenvalue weighted by molar-refractivity contribution is -0.122. The molecule has 7 nitrogen and oxygen atoms in total. The molecular formula is C25H21N5O2. The van der Waals surface area contributed by atoms with E-state index in [9.17, 15) is 9.59 Å². The molecule has 0 spiro atoms. The van der Waals surface area contributed by atoms with Crippen LogP contribution in [0.1, 0.15) is 11.6 Å². The van der Waals surface area contributed by atoms with Gasteiger partial charge in [-0.1, -0.05) is 54.6 Å². The van der Waals surface area contributed by atoms with Gasteiger partial charge in [-0.25, -0.2) is 4.98 Å². The quantitative estimate of drug-likeness (QED) is 0.425. The molecule has 0 fully saturated rings. The smallest absolute Gasteiger partial charge is 0.240 e. The van der Waals surface area contributed by atoms with E-state index in [2.05, 4.69) is 15.4 Å². The van der Waals surface area contributed by atoms with E-state index in [4.69, 9.17) is 0 Å². The molecule has 0 aliphatic rings. The van der Waals surface area contributed by atoms with Crippen LogP contribution in [0.15, 0.2) is 96.3 Å². The Kier molecular flexibility index (Phi) is 5.21. The molecule has 0 aliphatic carbocycles. The first-order chi connectivity index (χ1) is 15.7. The molecule has 0 aliphatic heterocycles. The molecule has 1 atom stereocenters. The van der Waals surface area contributed by atoms with E-state index < -0.39 is 0 Å². The number of para-hydroxylation sites is 2. The number of carbonyl (C=O) groups excluding carboxylic acids is 1. The lowest BCUT2D eigenvalue weighted by Gasteiger charge is -2.21. The summed E-state index contributed by atoms with van der Waals surface area (Å²) in [5.41, 5.74) is 2.42. The van der Waals surface area contributed by atoms with Crippen LogP contribution in [0.3, 0.4) is 0 Å². The van der Waals surface area contributed by atoms with Crippen LogP contribution >= 0.6 is 0 Å². The molecule has 5 rings (SSSR count). The number of nitrogens with zero attached hydrogens (tertiary/aromatic N) is 4. The van der Waals surface area contributed by atoms with Gasteiger partial charge in [0.2, 0.25) is 5.91 Å². The highest BCUT2D eigenvalue weighted by Crippen LogP contribution is 2.20. The summed E-state index contributed by atoms with van der Waals surface area (Å²) in [5, 5.41) is 8.51. The second-order valence-corrected chi connectivity index (χ2v) is 7.60. The van der Waals surface area contributed by atoms with Gasteiger partial charge in [0.1, 0.15) is 19.2 Å². The molecular weight excluding hydrogens is 402 g/mol. The van der Waals surface area contributed by atoms with Gasteiger partial charge in [-0.15, -0.1) is 0 Å². The third-order valence-electron chi connectivity index (χ3n) is 5.55. The van der Waals surface area contributed by atoms with Crippen molar-refractivity contribution in [1.82, 2.24) is 24.6 Å². The molecule has 2 aromatic heterocycles. The average Bonchev–Trinajstić information content (AvgIpc) is 3.35. The van der Waals surface area contributed by atoms with Crippen molar-refractivity contribution in [3.63, 3.8) is 0 Å². The predicted octanol–water partition coefficient (Wildman–Crippen LogP) is 3.30. The molecule has 0 saturated heterocycles. The minimum absolute atomic E-state index is 0.0267. The maximum Gasteiger partial charge on any atom is 0.240 e. The van der Waals surface area contributed by atoms with Crippen LogP contribution < -0.4 is 10.7 Å². The minimum Gasteiger partial charge on any atom is -0.346 e. The number of nitrogens with one attached hydrogen (secondary N) is 1. The Bertz CT molecular complexity index is 1380. The van der Waals surface area contributed by atoms with Gasteiger partial charge in [-0.05, 0) is 29.8 Å². The predicted molar refractivity (Wildman–Crippen MR) is 123 cm³/mol. The summed E-state index contributed by atoms with van der Waals surface area (Å²) in [7, 11) is 0. The van der Waals surface area contributed by atoms with Gasteiger partial charge < -0.3 is 9.88 Å². The third-order valence-corrected chi connectivity index (χ3v) is 5.55. The molecule has 0 saturated carbocycles. The Labute approximate surface area is 183 Å². The summed E-state index contributed by atoms with van der Waals surface area (Å²) in [4.78, 5) is 30.2. The van der Waals surface area contributed by atoms with Crippen LogP contribution in [0.2, 0.25) is 0 Å². The zero-order valence-electron chi connectivity index (χ0n) is 17.3. The number of carbonyl (C=O) groups is 1. The number of fused-ring (bicyclic) bond motifs is 2. The number of rotatable bonds is 6. The Morgan fingerprint density at radius 2 is 1.50 bits per heavy atom. The summed E-state index contributed by atoms with van der Waals surface area (Å²) in [6.45, 7) is 0.545. The van der Waals surface area contributed by atoms with Crippen LogP contribution in [0.25, 0.3) is 21.8 Å². The van der Waals surface area contributed by atoms with Crippen molar-refractivity contribution in [3.8, 4) is 0 Å². The molecule has 3 aromatic carbocycles. The van der Waals surface area contributed by atoms with Gasteiger partial charge in [0.15, 0.2) is 5.43 Å². The molecule has 158 valence electrons. The van der Waals surface area contributed by atoms with Gasteiger partial charge in [0.05, 0.1) is 23.6 Å². The van der Waals surface area contributed by atoms with Crippen LogP contribution in [-0.2, 0) is 17.9 Å². The monoisotopic (exact) mass is 423 g/mol. The fraction of sp³-hybridized carbons (Fsp3) is 0.120. The highest BCUT2D eigenvalue weighted by Gasteiger charge is 2.18. The molecule has 0 radical (unpaired) electrons. The van der Waals surface area contributed by atoms with E-state index in [-0.39, 0.29) is 23.9 Å². The Morgan fingerprint density at radius 3 is 2.12 bits per heavy atom. The average molecular weight is 423 g/mol. The lowest BCUT2D eigenvalue weighted by atomic mass is 10.1. The number of pyridine rings is 1. The van der Waals surface area contributed by atoms with Gasteiger partial charge in [0, 0.05) is 10.8 Å². The second kappa shape index (κ2) is 8.47. The highest BCUT2D eigenvalue weighted by atomic mass is 16.2. The fourth-order valence-corrected chi connectivity index (χ4v) is 4.06. The van der Waals surface area contributed by atoms with Crippen molar-refractivity contribution >= 4 is 27.7 Å². The Hall–Kier alpha value is -4.26. The van der Waals surface area contributed by atoms with Gasteiger partial charge >= 0.3 is 0 Å². The summed E-state index contributed by atoms with van der Waals surface area (Å²) in [6.07, 6.45) is 3.10. The fourth-order valence-electron chi connectivity index (χ4n) is 4.06. The first-order valence-electron chi connectivity index (χ1n) is 10.4. The topological polar surface area (TPSA) is 81.8 Å². The summed E-state index contributed by atoms with van der Waals surface area (Å²) < 4.78 is 3.60. The number of amides is 1. The molecule has 32 heavy (non-hydrogen) atoms. The maximum atomic E-state index is 13.2. The zero-order valence-corrected chi connectivity index (χ0v) is 17.3. The molecule has 1 unspecified atom stereocenters. The van der Waals surface area contributed by atoms with E-state index in [1.54, 1.807) is 23.1 Å². The van der Waals surface area contributed by atoms with Gasteiger partial charge in [-0.2, -0.15) is 5.10 Å². The standard InChI is InChI=1S/C25H21N5O2/c31-24(28-21(14-29-17-26-16-27-29)18-8-2-1-3-9-18)15-30-22-12-6-4-10-19(22)25(32)20-11-5-7-13-23(20)30/h1-13,16-17,21H,14-15H2,(H,28,31). The van der Waals surface area contributed by atoms with E-state index >= 15 is 0 Å². The first-order valence-corrected chi connectivity index (χ1v) is 10.4. The Morgan fingerprint density at radius 1 is 0.875 bits per heavy atom. The molecule has 0 bridgehead atoms.